The van der Waals surface area contributed by atoms with Crippen LogP contribution in [0, 0.1) is 0 Å². The molecule has 0 saturated heterocycles. The Hall–Kier alpha value is -2.55. The Morgan fingerprint density at radius 3 is 2.52 bits per heavy atom. The molecule has 3 nitrogen and oxygen atoms in total. The van der Waals surface area contributed by atoms with Crippen molar-refractivity contribution in [2.75, 3.05) is 11.9 Å². The maximum Gasteiger partial charge on any atom is 0.252 e. The van der Waals surface area contributed by atoms with E-state index in [1.54, 1.807) is 17.7 Å². The first kappa shape index (κ1) is 13.4. The molecule has 1 aromatic heterocycles. The quantitative estimate of drug-likeness (QED) is 0.795. The first-order chi connectivity index (χ1) is 10.3. The minimum absolute atomic E-state index is 0.0101. The number of para-hydroxylation sites is 1. The van der Waals surface area contributed by atoms with E-state index in [1.807, 2.05) is 42.5 Å². The van der Waals surface area contributed by atoms with Gasteiger partial charge in [0.15, 0.2) is 0 Å². The molecular weight excluding hydrogens is 260 g/mol. The lowest BCUT2D eigenvalue weighted by Gasteiger charge is -2.12. The van der Waals surface area contributed by atoms with Crippen molar-refractivity contribution in [1.82, 2.24) is 4.57 Å². The summed E-state index contributed by atoms with van der Waals surface area (Å²) in [7, 11) is 1.80. The molecule has 1 N–H and O–H groups in total. The predicted octanol–water partition coefficient (Wildman–Crippen LogP) is 3.19. The largest absolute Gasteiger partial charge is 0.384 e. The number of rotatable bonds is 4. The first-order valence-corrected chi connectivity index (χ1v) is 7.12. The molecule has 0 radical (unpaired) electrons. The SMILES string of the molecule is Cn1c(=O)cc(NCCc2ccccc2)c2ccccc21. The number of anilines is 1. The van der Waals surface area contributed by atoms with Crippen molar-refractivity contribution in [2.24, 2.45) is 7.05 Å². The molecule has 2 aromatic carbocycles. The number of nitrogens with one attached hydrogen (secondary N) is 1. The summed E-state index contributed by atoms with van der Waals surface area (Å²) in [6, 6.07) is 20.0. The van der Waals surface area contributed by atoms with E-state index in [4.69, 9.17) is 0 Å². The molecule has 21 heavy (non-hydrogen) atoms. The van der Waals surface area contributed by atoms with Crippen LogP contribution in [0.2, 0.25) is 0 Å². The van der Waals surface area contributed by atoms with Crippen LogP contribution >= 0.6 is 0 Å². The van der Waals surface area contributed by atoms with E-state index in [9.17, 15) is 4.79 Å². The van der Waals surface area contributed by atoms with Gasteiger partial charge in [0.05, 0.1) is 5.52 Å². The van der Waals surface area contributed by atoms with Crippen LogP contribution in [0.4, 0.5) is 5.69 Å². The minimum Gasteiger partial charge on any atom is -0.384 e. The average Bonchev–Trinajstić information content (AvgIpc) is 2.53. The number of nitrogens with zero attached hydrogens (tertiary/aromatic N) is 1. The lowest BCUT2D eigenvalue weighted by atomic mass is 10.1. The van der Waals surface area contributed by atoms with E-state index >= 15 is 0 Å². The van der Waals surface area contributed by atoms with Gasteiger partial charge in [-0.15, -0.1) is 0 Å². The van der Waals surface area contributed by atoms with Crippen molar-refractivity contribution in [1.29, 1.82) is 0 Å². The van der Waals surface area contributed by atoms with Crippen LogP contribution in [0.25, 0.3) is 10.9 Å². The van der Waals surface area contributed by atoms with Crippen LogP contribution in [0.15, 0.2) is 65.5 Å². The molecule has 0 fully saturated rings. The fourth-order valence-electron chi connectivity index (χ4n) is 2.54. The maximum atomic E-state index is 12.0. The number of benzene rings is 2. The molecule has 1 heterocycles. The van der Waals surface area contributed by atoms with Gasteiger partial charge in [-0.05, 0) is 18.1 Å². The van der Waals surface area contributed by atoms with E-state index in [0.29, 0.717) is 0 Å². The van der Waals surface area contributed by atoms with Gasteiger partial charge in [0.25, 0.3) is 5.56 Å². The monoisotopic (exact) mass is 278 g/mol. The second-order valence-corrected chi connectivity index (χ2v) is 5.13. The van der Waals surface area contributed by atoms with Crippen LogP contribution in [0.3, 0.4) is 0 Å². The summed E-state index contributed by atoms with van der Waals surface area (Å²) in [5.41, 5.74) is 3.16. The van der Waals surface area contributed by atoms with E-state index < -0.39 is 0 Å². The van der Waals surface area contributed by atoms with E-state index in [0.717, 1.165) is 29.6 Å². The molecule has 0 bridgehead atoms. The van der Waals surface area contributed by atoms with Gasteiger partial charge < -0.3 is 9.88 Å². The normalized spacial score (nSPS) is 10.7. The summed E-state index contributed by atoms with van der Waals surface area (Å²) in [4.78, 5) is 12.0. The minimum atomic E-state index is 0.0101. The summed E-state index contributed by atoms with van der Waals surface area (Å²) in [6.45, 7) is 0.807. The topological polar surface area (TPSA) is 34.0 Å². The van der Waals surface area contributed by atoms with Crippen molar-refractivity contribution in [3.05, 3.63) is 76.6 Å². The second-order valence-electron chi connectivity index (χ2n) is 5.13. The van der Waals surface area contributed by atoms with Gasteiger partial charge in [-0.1, -0.05) is 48.5 Å². The van der Waals surface area contributed by atoms with Crippen LogP contribution in [-0.4, -0.2) is 11.1 Å². The van der Waals surface area contributed by atoms with Crippen molar-refractivity contribution in [3.8, 4) is 0 Å². The van der Waals surface area contributed by atoms with Gasteiger partial charge >= 0.3 is 0 Å². The molecule has 3 heteroatoms. The molecule has 3 rings (SSSR count). The Morgan fingerprint density at radius 1 is 1.00 bits per heavy atom. The van der Waals surface area contributed by atoms with Gasteiger partial charge in [-0.2, -0.15) is 0 Å². The lowest BCUT2D eigenvalue weighted by Crippen LogP contribution is -2.18. The summed E-state index contributed by atoms with van der Waals surface area (Å²) in [5.74, 6) is 0. The molecular formula is C18H18N2O. The van der Waals surface area contributed by atoms with E-state index in [-0.39, 0.29) is 5.56 Å². The fourth-order valence-corrected chi connectivity index (χ4v) is 2.54. The zero-order chi connectivity index (χ0) is 14.7. The number of aromatic nitrogens is 1. The summed E-state index contributed by atoms with van der Waals surface area (Å²) in [5, 5.41) is 4.47. The highest BCUT2D eigenvalue weighted by molar-refractivity contribution is 5.91. The summed E-state index contributed by atoms with van der Waals surface area (Å²) < 4.78 is 1.68. The molecule has 0 spiro atoms. The average molecular weight is 278 g/mol. The van der Waals surface area contributed by atoms with Crippen molar-refractivity contribution >= 4 is 16.6 Å². The second kappa shape index (κ2) is 5.83. The van der Waals surface area contributed by atoms with Gasteiger partial charge in [-0.3, -0.25) is 4.79 Å². The van der Waals surface area contributed by atoms with Crippen LogP contribution in [0.1, 0.15) is 5.56 Å². The van der Waals surface area contributed by atoms with Crippen molar-refractivity contribution < 1.29 is 0 Å². The third kappa shape index (κ3) is 2.82. The number of fused-ring (bicyclic) bond motifs is 1. The molecule has 0 atom stereocenters. The highest BCUT2D eigenvalue weighted by Crippen LogP contribution is 2.20. The van der Waals surface area contributed by atoms with Gasteiger partial charge in [0.1, 0.15) is 0 Å². The number of hydrogen-bond donors (Lipinski definition) is 1. The highest BCUT2D eigenvalue weighted by Gasteiger charge is 2.05. The zero-order valence-corrected chi connectivity index (χ0v) is 12.0. The highest BCUT2D eigenvalue weighted by atomic mass is 16.1. The molecule has 106 valence electrons. The van der Waals surface area contributed by atoms with Gasteiger partial charge in [-0.25, -0.2) is 0 Å². The Bertz CT molecular complexity index is 806. The smallest absolute Gasteiger partial charge is 0.252 e. The number of aryl methyl sites for hydroxylation is 1. The third-order valence-electron chi connectivity index (χ3n) is 3.73. The lowest BCUT2D eigenvalue weighted by molar-refractivity contribution is 0.904. The summed E-state index contributed by atoms with van der Waals surface area (Å²) >= 11 is 0. The van der Waals surface area contributed by atoms with Crippen molar-refractivity contribution in [3.63, 3.8) is 0 Å². The fraction of sp³-hybridized carbons (Fsp3) is 0.167. The van der Waals surface area contributed by atoms with Crippen LogP contribution in [0.5, 0.6) is 0 Å². The Labute approximate surface area is 123 Å². The zero-order valence-electron chi connectivity index (χ0n) is 12.0. The first-order valence-electron chi connectivity index (χ1n) is 7.12. The van der Waals surface area contributed by atoms with Gasteiger partial charge in [0.2, 0.25) is 0 Å². The third-order valence-corrected chi connectivity index (χ3v) is 3.73. The maximum absolute atomic E-state index is 12.0. The molecule has 0 aliphatic carbocycles. The standard InChI is InChI=1S/C18H18N2O/c1-20-17-10-6-5-9-15(17)16(13-18(20)21)19-12-11-14-7-3-2-4-8-14/h2-10,13,19H,11-12H2,1H3. The molecule has 0 saturated carbocycles. The molecule has 3 aromatic rings. The number of pyridine rings is 1. The molecule has 0 aliphatic rings. The summed E-state index contributed by atoms with van der Waals surface area (Å²) in [6.07, 6.45) is 0.935. The van der Waals surface area contributed by atoms with Crippen molar-refractivity contribution in [2.45, 2.75) is 6.42 Å². The Balaban J connectivity index is 1.84. The molecule has 0 aliphatic heterocycles. The van der Waals surface area contributed by atoms with E-state index in [1.165, 1.54) is 5.56 Å². The van der Waals surface area contributed by atoms with Crippen LogP contribution in [-0.2, 0) is 13.5 Å². The molecule has 0 amide bonds. The van der Waals surface area contributed by atoms with Crippen LogP contribution < -0.4 is 10.9 Å². The Kier molecular flexibility index (Phi) is 3.73. The number of hydrogen-bond acceptors (Lipinski definition) is 2. The molecule has 0 unspecified atom stereocenters. The van der Waals surface area contributed by atoms with Gasteiger partial charge in [0, 0.05) is 30.7 Å². The Morgan fingerprint density at radius 2 is 1.71 bits per heavy atom. The predicted molar refractivity (Wildman–Crippen MR) is 87.8 cm³/mol. The van der Waals surface area contributed by atoms with E-state index in [2.05, 4.69) is 17.4 Å².